The molecule has 1 aliphatic heterocycles. The van der Waals surface area contributed by atoms with Gasteiger partial charge in [-0.3, -0.25) is 9.59 Å². The van der Waals surface area contributed by atoms with E-state index in [1.165, 1.54) is 24.4 Å². The van der Waals surface area contributed by atoms with Crippen molar-refractivity contribution in [1.29, 1.82) is 0 Å². The van der Waals surface area contributed by atoms with Gasteiger partial charge >= 0.3 is 0 Å². The number of carbonyl (C=O) groups is 1. The fourth-order valence-corrected chi connectivity index (χ4v) is 4.94. The number of aryl methyl sites for hydroxylation is 1. The normalized spacial score (nSPS) is 17.1. The summed E-state index contributed by atoms with van der Waals surface area (Å²) in [6, 6.07) is 3.43. The second-order valence-corrected chi connectivity index (χ2v) is 11.7. The van der Waals surface area contributed by atoms with Crippen molar-refractivity contribution < 1.29 is 18.5 Å². The van der Waals surface area contributed by atoms with Crippen LogP contribution >= 0.6 is 11.6 Å². The number of phenolic OH excluding ortho intramolecular Hbond substituents is 1. The van der Waals surface area contributed by atoms with E-state index in [9.17, 15) is 18.9 Å². The molecule has 1 fully saturated rings. The molecule has 3 rings (SSSR count). The molecule has 0 bridgehead atoms. The Labute approximate surface area is 199 Å². The van der Waals surface area contributed by atoms with Crippen LogP contribution in [0.2, 0.25) is 5.02 Å². The van der Waals surface area contributed by atoms with Gasteiger partial charge in [-0.15, -0.1) is 0 Å². The zero-order chi connectivity index (χ0) is 24.5. The first-order chi connectivity index (χ1) is 15.4. The Morgan fingerprint density at radius 1 is 1.33 bits per heavy atom. The first-order valence-electron chi connectivity index (χ1n) is 10.7. The highest BCUT2D eigenvalue weighted by molar-refractivity contribution is 7.84. The number of amides is 1. The number of aromatic nitrogens is 1. The molecule has 2 aromatic rings. The molecule has 180 valence electrons. The van der Waals surface area contributed by atoms with Gasteiger partial charge in [-0.1, -0.05) is 11.6 Å². The number of piperidine rings is 1. The molecule has 2 atom stereocenters. The van der Waals surface area contributed by atoms with Gasteiger partial charge < -0.3 is 15.0 Å². The van der Waals surface area contributed by atoms with E-state index < -0.39 is 27.6 Å². The van der Waals surface area contributed by atoms with Crippen molar-refractivity contribution in [2.24, 2.45) is 5.92 Å². The number of aromatic amines is 1. The van der Waals surface area contributed by atoms with Crippen LogP contribution in [0.1, 0.15) is 61.1 Å². The predicted octanol–water partition coefficient (Wildman–Crippen LogP) is 3.83. The minimum Gasteiger partial charge on any atom is -0.507 e. The number of nitrogens with zero attached hydrogens (tertiary/aromatic N) is 1. The highest BCUT2D eigenvalue weighted by atomic mass is 35.5. The van der Waals surface area contributed by atoms with Crippen LogP contribution in [0.25, 0.3) is 0 Å². The van der Waals surface area contributed by atoms with E-state index >= 15 is 4.39 Å². The van der Waals surface area contributed by atoms with Crippen LogP contribution in [0, 0.1) is 18.7 Å². The van der Waals surface area contributed by atoms with Gasteiger partial charge in [0.2, 0.25) is 5.56 Å². The SMILES string of the molecule is Cc1cc(O)c([C@H](NS(=O)C(C)(C)C)C2CCN(C(=O)c3ccc(=O)[nH]c3)CC2)c(F)c1Cl. The number of hydrogen-bond donors (Lipinski definition) is 3. The second kappa shape index (κ2) is 9.95. The minimum absolute atomic E-state index is 0.00592. The van der Waals surface area contributed by atoms with Gasteiger partial charge in [0.1, 0.15) is 5.75 Å². The van der Waals surface area contributed by atoms with Crippen molar-refractivity contribution >= 4 is 28.5 Å². The molecule has 0 aliphatic carbocycles. The van der Waals surface area contributed by atoms with E-state index in [1.54, 1.807) is 32.6 Å². The van der Waals surface area contributed by atoms with Crippen LogP contribution in [0.15, 0.2) is 29.2 Å². The van der Waals surface area contributed by atoms with E-state index in [4.69, 9.17) is 11.6 Å². The standard InChI is InChI=1S/C23H29ClFN3O4S/c1-13-11-16(29)18(20(25)19(13)24)21(27-33(32)23(2,3)4)14-7-9-28(10-8-14)22(31)15-5-6-17(30)26-12-15/h5-6,11-12,14,21,27,29H,7-10H2,1-4H3,(H,26,30)/t21-,33?/m1/s1. The number of carbonyl (C=O) groups excluding carboxylic acids is 1. The van der Waals surface area contributed by atoms with Crippen LogP contribution in [-0.4, -0.2) is 42.9 Å². The summed E-state index contributed by atoms with van der Waals surface area (Å²) in [5.41, 5.74) is 0.497. The smallest absolute Gasteiger partial charge is 0.255 e. The lowest BCUT2D eigenvalue weighted by molar-refractivity contribution is 0.0673. The van der Waals surface area contributed by atoms with Crippen molar-refractivity contribution in [3.05, 3.63) is 62.3 Å². The van der Waals surface area contributed by atoms with Gasteiger partial charge in [-0.25, -0.2) is 13.3 Å². The Balaban J connectivity index is 1.86. The van der Waals surface area contributed by atoms with Crippen molar-refractivity contribution in [2.75, 3.05) is 13.1 Å². The summed E-state index contributed by atoms with van der Waals surface area (Å²) in [5.74, 6) is -1.39. The van der Waals surface area contributed by atoms with Gasteiger partial charge in [0, 0.05) is 30.9 Å². The molecule has 33 heavy (non-hydrogen) atoms. The Hall–Kier alpha value is -2.23. The predicted molar refractivity (Wildman–Crippen MR) is 127 cm³/mol. The Morgan fingerprint density at radius 3 is 2.52 bits per heavy atom. The average molecular weight is 498 g/mol. The number of rotatable bonds is 5. The molecular weight excluding hydrogens is 469 g/mol. The zero-order valence-corrected chi connectivity index (χ0v) is 20.6. The third-order valence-electron chi connectivity index (χ3n) is 5.84. The molecule has 3 N–H and O–H groups in total. The van der Waals surface area contributed by atoms with Crippen LogP contribution in [-0.2, 0) is 11.0 Å². The molecule has 1 aliphatic rings. The van der Waals surface area contributed by atoms with Gasteiger partial charge in [0.15, 0.2) is 5.82 Å². The van der Waals surface area contributed by atoms with Gasteiger partial charge in [-0.2, -0.15) is 0 Å². The van der Waals surface area contributed by atoms with Crippen molar-refractivity contribution in [3.8, 4) is 5.75 Å². The third-order valence-corrected chi connectivity index (χ3v) is 7.88. The molecule has 2 heterocycles. The maximum atomic E-state index is 15.2. The fraction of sp³-hybridized carbons (Fsp3) is 0.478. The van der Waals surface area contributed by atoms with E-state index in [0.717, 1.165) is 0 Å². The van der Waals surface area contributed by atoms with Crippen LogP contribution in [0.4, 0.5) is 4.39 Å². The summed E-state index contributed by atoms with van der Waals surface area (Å²) < 4.78 is 30.5. The van der Waals surface area contributed by atoms with E-state index in [0.29, 0.717) is 37.1 Å². The van der Waals surface area contributed by atoms with E-state index in [2.05, 4.69) is 9.71 Å². The maximum absolute atomic E-state index is 15.2. The Bertz CT molecular complexity index is 1100. The van der Waals surface area contributed by atoms with Gasteiger partial charge in [-0.05, 0) is 64.2 Å². The molecule has 0 spiro atoms. The molecule has 1 saturated heterocycles. The molecule has 1 aromatic heterocycles. The minimum atomic E-state index is -1.53. The number of benzene rings is 1. The lowest BCUT2D eigenvalue weighted by Crippen LogP contribution is -2.44. The molecule has 0 radical (unpaired) electrons. The molecule has 0 saturated carbocycles. The molecular formula is C23H29ClFN3O4S. The summed E-state index contributed by atoms with van der Waals surface area (Å²) in [6.45, 7) is 7.80. The lowest BCUT2D eigenvalue weighted by atomic mass is 9.85. The number of aromatic hydroxyl groups is 1. The highest BCUT2D eigenvalue weighted by Crippen LogP contribution is 2.41. The summed E-state index contributed by atoms with van der Waals surface area (Å²) in [6.07, 6.45) is 2.38. The van der Waals surface area contributed by atoms with Crippen molar-refractivity contribution in [2.45, 2.75) is 51.3 Å². The van der Waals surface area contributed by atoms with Gasteiger partial charge in [0.25, 0.3) is 5.91 Å². The van der Waals surface area contributed by atoms with Crippen molar-refractivity contribution in [3.63, 3.8) is 0 Å². The molecule has 7 nitrogen and oxygen atoms in total. The lowest BCUT2D eigenvalue weighted by Gasteiger charge is -2.37. The molecule has 1 amide bonds. The summed E-state index contributed by atoms with van der Waals surface area (Å²) >= 11 is 6.14. The van der Waals surface area contributed by atoms with Crippen LogP contribution in [0.5, 0.6) is 5.75 Å². The fourth-order valence-electron chi connectivity index (χ4n) is 3.89. The zero-order valence-electron chi connectivity index (χ0n) is 19.1. The number of halogens is 2. The molecule has 10 heteroatoms. The van der Waals surface area contributed by atoms with Crippen LogP contribution < -0.4 is 10.3 Å². The maximum Gasteiger partial charge on any atom is 0.255 e. The number of nitrogens with one attached hydrogen (secondary N) is 2. The Morgan fingerprint density at radius 2 is 1.97 bits per heavy atom. The number of pyridine rings is 1. The van der Waals surface area contributed by atoms with Gasteiger partial charge in [0.05, 0.1) is 32.4 Å². The monoisotopic (exact) mass is 497 g/mol. The summed E-state index contributed by atoms with van der Waals surface area (Å²) in [7, 11) is -1.53. The Kier molecular flexibility index (Phi) is 7.65. The van der Waals surface area contributed by atoms with E-state index in [1.807, 2.05) is 0 Å². The highest BCUT2D eigenvalue weighted by Gasteiger charge is 2.36. The van der Waals surface area contributed by atoms with Crippen molar-refractivity contribution in [1.82, 2.24) is 14.6 Å². The largest absolute Gasteiger partial charge is 0.507 e. The third kappa shape index (κ3) is 5.65. The number of likely N-dealkylation sites (tertiary alicyclic amines) is 1. The quantitative estimate of drug-likeness (QED) is 0.584. The molecule has 1 aromatic carbocycles. The van der Waals surface area contributed by atoms with Crippen LogP contribution in [0.3, 0.4) is 0 Å². The summed E-state index contributed by atoms with van der Waals surface area (Å²) in [4.78, 5) is 28.2. The van der Waals surface area contributed by atoms with E-state index in [-0.39, 0.29) is 33.7 Å². The summed E-state index contributed by atoms with van der Waals surface area (Å²) in [5, 5.41) is 10.5. The number of hydrogen-bond acceptors (Lipinski definition) is 4. The first-order valence-corrected chi connectivity index (χ1v) is 12.3. The first kappa shape index (κ1) is 25.4. The number of phenols is 1. The second-order valence-electron chi connectivity index (χ2n) is 9.30. The number of H-pyrrole nitrogens is 1. The molecule has 1 unspecified atom stereocenters. The average Bonchev–Trinajstić information content (AvgIpc) is 2.76. The topological polar surface area (TPSA) is 102 Å².